The maximum absolute atomic E-state index is 6.23. The average molecular weight is 252 g/mol. The highest BCUT2D eigenvalue weighted by molar-refractivity contribution is 5.04. The second-order valence-electron chi connectivity index (χ2n) is 5.82. The molecule has 18 heavy (non-hydrogen) atoms. The number of imidazole rings is 1. The van der Waals surface area contributed by atoms with Gasteiger partial charge in [-0.25, -0.2) is 4.98 Å². The summed E-state index contributed by atoms with van der Waals surface area (Å²) < 4.78 is 2.19. The normalized spacial score (nSPS) is 13.8. The van der Waals surface area contributed by atoms with Crippen molar-refractivity contribution in [2.75, 3.05) is 13.6 Å². The number of hydrogen-bond donors (Lipinski definition) is 1. The van der Waals surface area contributed by atoms with Crippen molar-refractivity contribution in [2.24, 2.45) is 11.7 Å². The SMILES string of the molecule is CC(C)CC(N)c1cncn1CCN(C)C(C)C. The maximum Gasteiger partial charge on any atom is 0.0949 e. The maximum atomic E-state index is 6.23. The second-order valence-corrected chi connectivity index (χ2v) is 5.82. The van der Waals surface area contributed by atoms with E-state index in [0.717, 1.165) is 25.2 Å². The first-order valence-corrected chi connectivity index (χ1v) is 6.87. The van der Waals surface area contributed by atoms with E-state index in [0.29, 0.717) is 12.0 Å². The zero-order chi connectivity index (χ0) is 13.7. The molecule has 0 aliphatic heterocycles. The highest BCUT2D eigenvalue weighted by Crippen LogP contribution is 2.18. The van der Waals surface area contributed by atoms with Crippen molar-refractivity contribution in [1.29, 1.82) is 0 Å². The Morgan fingerprint density at radius 2 is 2.00 bits per heavy atom. The van der Waals surface area contributed by atoms with Crippen LogP contribution in [0.5, 0.6) is 0 Å². The van der Waals surface area contributed by atoms with Crippen molar-refractivity contribution in [3.05, 3.63) is 18.2 Å². The van der Waals surface area contributed by atoms with Gasteiger partial charge >= 0.3 is 0 Å². The molecule has 0 aliphatic rings. The molecule has 0 saturated heterocycles. The molecule has 1 atom stereocenters. The van der Waals surface area contributed by atoms with Crippen molar-refractivity contribution in [1.82, 2.24) is 14.5 Å². The van der Waals surface area contributed by atoms with Gasteiger partial charge in [0.2, 0.25) is 0 Å². The molecule has 0 bridgehead atoms. The topological polar surface area (TPSA) is 47.1 Å². The van der Waals surface area contributed by atoms with Crippen LogP contribution in [0.2, 0.25) is 0 Å². The molecular weight excluding hydrogens is 224 g/mol. The summed E-state index contributed by atoms with van der Waals surface area (Å²) in [5.41, 5.74) is 7.39. The molecule has 1 rings (SSSR count). The quantitative estimate of drug-likeness (QED) is 0.810. The predicted molar refractivity (Wildman–Crippen MR) is 76.4 cm³/mol. The summed E-state index contributed by atoms with van der Waals surface area (Å²) in [6.45, 7) is 10.8. The van der Waals surface area contributed by atoms with Crippen molar-refractivity contribution in [3.63, 3.8) is 0 Å². The van der Waals surface area contributed by atoms with Crippen LogP contribution in [0.3, 0.4) is 0 Å². The molecule has 4 nitrogen and oxygen atoms in total. The highest BCUT2D eigenvalue weighted by atomic mass is 15.2. The van der Waals surface area contributed by atoms with Crippen molar-refractivity contribution in [3.8, 4) is 0 Å². The van der Waals surface area contributed by atoms with Gasteiger partial charge in [0.25, 0.3) is 0 Å². The standard InChI is InChI=1S/C14H28N4/c1-11(2)8-13(15)14-9-16-10-18(14)7-6-17(5)12(3)4/h9-13H,6-8,15H2,1-5H3. The molecular formula is C14H28N4. The average Bonchev–Trinajstić information content (AvgIpc) is 2.72. The monoisotopic (exact) mass is 252 g/mol. The van der Waals surface area contributed by atoms with Crippen LogP contribution in [0, 0.1) is 5.92 Å². The van der Waals surface area contributed by atoms with Gasteiger partial charge in [-0.3, -0.25) is 0 Å². The number of rotatable bonds is 7. The lowest BCUT2D eigenvalue weighted by Gasteiger charge is -2.22. The fraction of sp³-hybridized carbons (Fsp3) is 0.786. The Morgan fingerprint density at radius 3 is 2.56 bits per heavy atom. The van der Waals surface area contributed by atoms with E-state index >= 15 is 0 Å². The largest absolute Gasteiger partial charge is 0.332 e. The zero-order valence-corrected chi connectivity index (χ0v) is 12.4. The lowest BCUT2D eigenvalue weighted by Crippen LogP contribution is -2.30. The van der Waals surface area contributed by atoms with Crippen LogP contribution in [0.15, 0.2) is 12.5 Å². The van der Waals surface area contributed by atoms with Gasteiger partial charge in [0, 0.05) is 31.4 Å². The minimum atomic E-state index is 0.0943. The van der Waals surface area contributed by atoms with E-state index in [1.807, 2.05) is 12.5 Å². The van der Waals surface area contributed by atoms with E-state index in [9.17, 15) is 0 Å². The summed E-state index contributed by atoms with van der Waals surface area (Å²) in [4.78, 5) is 6.57. The van der Waals surface area contributed by atoms with Crippen LogP contribution in [-0.2, 0) is 6.54 Å². The summed E-state index contributed by atoms with van der Waals surface area (Å²) in [6.07, 6.45) is 4.80. The molecule has 0 fully saturated rings. The molecule has 1 aromatic rings. The molecule has 0 spiro atoms. The lowest BCUT2D eigenvalue weighted by atomic mass is 10.0. The second kappa shape index (κ2) is 6.90. The van der Waals surface area contributed by atoms with Crippen LogP contribution in [0.1, 0.15) is 45.9 Å². The van der Waals surface area contributed by atoms with Gasteiger partial charge in [-0.1, -0.05) is 13.8 Å². The van der Waals surface area contributed by atoms with E-state index in [1.165, 1.54) is 0 Å². The summed E-state index contributed by atoms with van der Waals surface area (Å²) in [6, 6.07) is 0.665. The summed E-state index contributed by atoms with van der Waals surface area (Å²) in [5.74, 6) is 0.613. The Balaban J connectivity index is 2.59. The van der Waals surface area contributed by atoms with E-state index < -0.39 is 0 Å². The highest BCUT2D eigenvalue weighted by Gasteiger charge is 2.13. The third kappa shape index (κ3) is 4.42. The molecule has 1 heterocycles. The van der Waals surface area contributed by atoms with Gasteiger partial charge < -0.3 is 15.2 Å². The summed E-state index contributed by atoms with van der Waals surface area (Å²) in [5, 5.41) is 0. The smallest absolute Gasteiger partial charge is 0.0949 e. The Bertz CT molecular complexity index is 343. The van der Waals surface area contributed by atoms with Crippen LogP contribution >= 0.6 is 0 Å². The van der Waals surface area contributed by atoms with Gasteiger partial charge in [-0.15, -0.1) is 0 Å². The van der Waals surface area contributed by atoms with Crippen molar-refractivity contribution < 1.29 is 0 Å². The first kappa shape index (κ1) is 15.2. The third-order valence-electron chi connectivity index (χ3n) is 3.42. The summed E-state index contributed by atoms with van der Waals surface area (Å²) in [7, 11) is 2.15. The number of nitrogens with zero attached hydrogens (tertiary/aromatic N) is 3. The van der Waals surface area contributed by atoms with E-state index in [4.69, 9.17) is 5.73 Å². The minimum Gasteiger partial charge on any atom is -0.332 e. The van der Waals surface area contributed by atoms with Gasteiger partial charge in [0.05, 0.1) is 12.0 Å². The fourth-order valence-corrected chi connectivity index (χ4v) is 1.98. The first-order valence-electron chi connectivity index (χ1n) is 6.87. The molecule has 0 radical (unpaired) electrons. The van der Waals surface area contributed by atoms with E-state index in [2.05, 4.69) is 49.2 Å². The number of nitrogens with two attached hydrogens (primary N) is 1. The first-order chi connectivity index (χ1) is 8.41. The number of aromatic nitrogens is 2. The Kier molecular flexibility index (Phi) is 5.82. The zero-order valence-electron chi connectivity index (χ0n) is 12.4. The third-order valence-corrected chi connectivity index (χ3v) is 3.42. The van der Waals surface area contributed by atoms with Gasteiger partial charge in [0.15, 0.2) is 0 Å². The van der Waals surface area contributed by atoms with Gasteiger partial charge in [0.1, 0.15) is 0 Å². The minimum absolute atomic E-state index is 0.0943. The fourth-order valence-electron chi connectivity index (χ4n) is 1.98. The van der Waals surface area contributed by atoms with Crippen LogP contribution < -0.4 is 5.73 Å². The van der Waals surface area contributed by atoms with E-state index in [-0.39, 0.29) is 6.04 Å². The van der Waals surface area contributed by atoms with Gasteiger partial charge in [-0.05, 0) is 33.2 Å². The lowest BCUT2D eigenvalue weighted by molar-refractivity contribution is 0.261. The van der Waals surface area contributed by atoms with E-state index in [1.54, 1.807) is 0 Å². The Labute approximate surface area is 111 Å². The van der Waals surface area contributed by atoms with Crippen LogP contribution in [0.4, 0.5) is 0 Å². The number of hydrogen-bond acceptors (Lipinski definition) is 3. The van der Waals surface area contributed by atoms with Crippen LogP contribution in [0.25, 0.3) is 0 Å². The predicted octanol–water partition coefficient (Wildman–Crippen LogP) is 2.27. The van der Waals surface area contributed by atoms with Gasteiger partial charge in [-0.2, -0.15) is 0 Å². The Hall–Kier alpha value is -0.870. The number of likely N-dealkylation sites (N-methyl/N-ethyl adjacent to an activating group) is 1. The molecule has 1 unspecified atom stereocenters. The molecule has 0 amide bonds. The molecule has 4 heteroatoms. The molecule has 2 N–H and O–H groups in total. The molecule has 0 saturated carbocycles. The molecule has 0 aromatic carbocycles. The van der Waals surface area contributed by atoms with Crippen LogP contribution in [-0.4, -0.2) is 34.1 Å². The van der Waals surface area contributed by atoms with Crippen molar-refractivity contribution in [2.45, 2.75) is 52.7 Å². The molecule has 1 aromatic heterocycles. The summed E-state index contributed by atoms with van der Waals surface area (Å²) >= 11 is 0. The van der Waals surface area contributed by atoms with Crippen molar-refractivity contribution >= 4 is 0 Å². The molecule has 0 aliphatic carbocycles. The Morgan fingerprint density at radius 1 is 1.33 bits per heavy atom. The molecule has 104 valence electrons.